The molecular formula is C23H25N3O4. The smallest absolute Gasteiger partial charge is 0.338 e. The molecule has 0 fully saturated rings. The zero-order valence-electron chi connectivity index (χ0n) is 17.1. The van der Waals surface area contributed by atoms with Gasteiger partial charge in [-0.1, -0.05) is 30.3 Å². The molecule has 156 valence electrons. The molecule has 0 radical (unpaired) electrons. The van der Waals surface area contributed by atoms with Gasteiger partial charge in [-0.3, -0.25) is 9.59 Å². The number of rotatable bonds is 9. The summed E-state index contributed by atoms with van der Waals surface area (Å²) in [4.78, 5) is 36.0. The number of anilines is 1. The van der Waals surface area contributed by atoms with Gasteiger partial charge in [0.25, 0.3) is 5.91 Å². The first-order chi connectivity index (χ1) is 14.4. The number of nitriles is 1. The van der Waals surface area contributed by atoms with E-state index in [4.69, 9.17) is 10.00 Å². The maximum Gasteiger partial charge on any atom is 0.338 e. The van der Waals surface area contributed by atoms with Crippen molar-refractivity contribution in [3.8, 4) is 6.07 Å². The van der Waals surface area contributed by atoms with Crippen LogP contribution in [0.1, 0.15) is 42.6 Å². The summed E-state index contributed by atoms with van der Waals surface area (Å²) in [6.07, 6.45) is 0.426. The van der Waals surface area contributed by atoms with E-state index in [1.54, 1.807) is 6.07 Å². The first-order valence-corrected chi connectivity index (χ1v) is 9.71. The van der Waals surface area contributed by atoms with Crippen LogP contribution in [0, 0.1) is 11.3 Å². The Morgan fingerprint density at radius 1 is 1.03 bits per heavy atom. The lowest BCUT2D eigenvalue weighted by Gasteiger charge is -2.18. The molecule has 7 heteroatoms. The number of nitrogens with zero attached hydrogens (tertiary/aromatic N) is 1. The second-order valence-corrected chi connectivity index (χ2v) is 6.94. The van der Waals surface area contributed by atoms with E-state index in [9.17, 15) is 14.4 Å². The van der Waals surface area contributed by atoms with Gasteiger partial charge in [-0.05, 0) is 56.5 Å². The summed E-state index contributed by atoms with van der Waals surface area (Å²) in [7, 11) is 0. The van der Waals surface area contributed by atoms with Crippen LogP contribution in [-0.2, 0) is 20.7 Å². The Morgan fingerprint density at radius 2 is 1.70 bits per heavy atom. The van der Waals surface area contributed by atoms with E-state index in [1.807, 2.05) is 37.3 Å². The molecule has 2 rings (SSSR count). The molecule has 0 saturated heterocycles. The quantitative estimate of drug-likeness (QED) is 0.621. The summed E-state index contributed by atoms with van der Waals surface area (Å²) in [6.45, 7) is 3.43. The highest BCUT2D eigenvalue weighted by Gasteiger charge is 2.20. The normalized spacial score (nSPS) is 12.2. The highest BCUT2D eigenvalue weighted by atomic mass is 16.5. The summed E-state index contributed by atoms with van der Waals surface area (Å²) in [6, 6.07) is 17.7. The number of carbonyl (C=O) groups excluding carboxylic acids is 3. The van der Waals surface area contributed by atoms with Crippen LogP contribution < -0.4 is 10.6 Å². The standard InChI is InChI=1S/C23H25N3O4/c1-16(8-9-18-6-4-3-5-7-18)25-22(28)17(2)30-23(29)19-10-12-20(13-11-19)26-21(27)14-15-24/h3-7,10-13,16-17H,8-9,14H2,1-2H3,(H,25,28)(H,26,27)/t16-,17+/m1/s1. The van der Waals surface area contributed by atoms with E-state index in [-0.39, 0.29) is 23.9 Å². The van der Waals surface area contributed by atoms with Crippen molar-refractivity contribution in [3.63, 3.8) is 0 Å². The summed E-state index contributed by atoms with van der Waals surface area (Å²) >= 11 is 0. The van der Waals surface area contributed by atoms with Gasteiger partial charge >= 0.3 is 5.97 Å². The largest absolute Gasteiger partial charge is 0.449 e. The number of ether oxygens (including phenoxy) is 1. The zero-order valence-corrected chi connectivity index (χ0v) is 17.1. The first kappa shape index (κ1) is 22.6. The van der Waals surface area contributed by atoms with Crippen molar-refractivity contribution in [2.24, 2.45) is 0 Å². The number of esters is 1. The fraction of sp³-hybridized carbons (Fsp3) is 0.304. The number of aryl methyl sites for hydroxylation is 1. The number of amides is 2. The lowest BCUT2D eigenvalue weighted by molar-refractivity contribution is -0.129. The van der Waals surface area contributed by atoms with Crippen molar-refractivity contribution in [2.45, 2.75) is 45.3 Å². The van der Waals surface area contributed by atoms with Gasteiger partial charge < -0.3 is 15.4 Å². The molecule has 2 N–H and O–H groups in total. The summed E-state index contributed by atoms with van der Waals surface area (Å²) in [5.74, 6) is -1.42. The van der Waals surface area contributed by atoms with Gasteiger partial charge in [0, 0.05) is 11.7 Å². The molecular weight excluding hydrogens is 382 g/mol. The van der Waals surface area contributed by atoms with Crippen LogP contribution in [0.25, 0.3) is 0 Å². The Bertz CT molecular complexity index is 904. The molecule has 2 atom stereocenters. The fourth-order valence-corrected chi connectivity index (χ4v) is 2.71. The Balaban J connectivity index is 1.80. The van der Waals surface area contributed by atoms with Gasteiger partial charge in [0.1, 0.15) is 6.42 Å². The van der Waals surface area contributed by atoms with E-state index < -0.39 is 18.0 Å². The second-order valence-electron chi connectivity index (χ2n) is 6.94. The molecule has 0 aliphatic heterocycles. The number of benzene rings is 2. The van der Waals surface area contributed by atoms with E-state index in [0.717, 1.165) is 12.8 Å². The lowest BCUT2D eigenvalue weighted by Crippen LogP contribution is -2.41. The SMILES string of the molecule is C[C@H](CCc1ccccc1)NC(=O)[C@H](C)OC(=O)c1ccc(NC(=O)CC#N)cc1. The number of hydrogen-bond donors (Lipinski definition) is 2. The van der Waals surface area contributed by atoms with Crippen LogP contribution in [0.2, 0.25) is 0 Å². The zero-order chi connectivity index (χ0) is 21.9. The second kappa shape index (κ2) is 11.4. The van der Waals surface area contributed by atoms with E-state index >= 15 is 0 Å². The molecule has 2 amide bonds. The van der Waals surface area contributed by atoms with Crippen LogP contribution in [0.4, 0.5) is 5.69 Å². The summed E-state index contributed by atoms with van der Waals surface area (Å²) in [5.41, 5.74) is 1.92. The van der Waals surface area contributed by atoms with Crippen LogP contribution in [0.5, 0.6) is 0 Å². The number of carbonyl (C=O) groups is 3. The minimum absolute atomic E-state index is 0.0600. The third-order valence-electron chi connectivity index (χ3n) is 4.39. The molecule has 30 heavy (non-hydrogen) atoms. The van der Waals surface area contributed by atoms with Crippen molar-refractivity contribution < 1.29 is 19.1 Å². The molecule has 0 unspecified atom stereocenters. The van der Waals surface area contributed by atoms with Crippen molar-refractivity contribution in [2.75, 3.05) is 5.32 Å². The molecule has 0 heterocycles. The van der Waals surface area contributed by atoms with E-state index in [1.165, 1.54) is 36.8 Å². The van der Waals surface area contributed by atoms with Crippen molar-refractivity contribution in [1.82, 2.24) is 5.32 Å². The molecule has 0 bridgehead atoms. The minimum Gasteiger partial charge on any atom is -0.449 e. The van der Waals surface area contributed by atoms with Gasteiger partial charge in [-0.15, -0.1) is 0 Å². The molecule has 0 aliphatic rings. The van der Waals surface area contributed by atoms with Gasteiger partial charge in [0.15, 0.2) is 6.10 Å². The van der Waals surface area contributed by atoms with Crippen LogP contribution in [0.15, 0.2) is 54.6 Å². The Kier molecular flexibility index (Phi) is 8.57. The fourth-order valence-electron chi connectivity index (χ4n) is 2.71. The Morgan fingerprint density at radius 3 is 2.33 bits per heavy atom. The van der Waals surface area contributed by atoms with Gasteiger partial charge in [0.05, 0.1) is 11.6 Å². The maximum atomic E-state index is 12.3. The molecule has 0 spiro atoms. The van der Waals surface area contributed by atoms with E-state index in [0.29, 0.717) is 5.69 Å². The van der Waals surface area contributed by atoms with Crippen molar-refractivity contribution >= 4 is 23.5 Å². The topological polar surface area (TPSA) is 108 Å². The van der Waals surface area contributed by atoms with Crippen LogP contribution in [-0.4, -0.2) is 29.9 Å². The van der Waals surface area contributed by atoms with Crippen LogP contribution in [0.3, 0.4) is 0 Å². The predicted octanol–water partition coefficient (Wildman–Crippen LogP) is 3.22. The lowest BCUT2D eigenvalue weighted by atomic mass is 10.1. The molecule has 0 saturated carbocycles. The van der Waals surface area contributed by atoms with Gasteiger partial charge in [0.2, 0.25) is 5.91 Å². The molecule has 2 aromatic rings. The Labute approximate surface area is 176 Å². The van der Waals surface area contributed by atoms with Gasteiger partial charge in [-0.25, -0.2) is 4.79 Å². The molecule has 0 aromatic heterocycles. The maximum absolute atomic E-state index is 12.3. The first-order valence-electron chi connectivity index (χ1n) is 9.71. The molecule has 7 nitrogen and oxygen atoms in total. The molecule has 0 aliphatic carbocycles. The predicted molar refractivity (Wildman–Crippen MR) is 113 cm³/mol. The third-order valence-corrected chi connectivity index (χ3v) is 4.39. The monoisotopic (exact) mass is 407 g/mol. The summed E-state index contributed by atoms with van der Waals surface area (Å²) < 4.78 is 5.24. The minimum atomic E-state index is -0.938. The number of hydrogen-bond acceptors (Lipinski definition) is 5. The summed E-state index contributed by atoms with van der Waals surface area (Å²) in [5, 5.41) is 13.9. The number of nitrogens with one attached hydrogen (secondary N) is 2. The highest BCUT2D eigenvalue weighted by molar-refractivity contribution is 5.94. The average Bonchev–Trinajstić information content (AvgIpc) is 2.73. The van der Waals surface area contributed by atoms with Crippen molar-refractivity contribution in [1.29, 1.82) is 5.26 Å². The highest BCUT2D eigenvalue weighted by Crippen LogP contribution is 2.12. The van der Waals surface area contributed by atoms with Crippen molar-refractivity contribution in [3.05, 3.63) is 65.7 Å². The average molecular weight is 407 g/mol. The third kappa shape index (κ3) is 7.40. The molecule has 2 aromatic carbocycles. The van der Waals surface area contributed by atoms with E-state index in [2.05, 4.69) is 10.6 Å². The Hall–Kier alpha value is -3.66. The van der Waals surface area contributed by atoms with Gasteiger partial charge in [-0.2, -0.15) is 5.26 Å². The van der Waals surface area contributed by atoms with Crippen LogP contribution >= 0.6 is 0 Å².